The zero-order valence-electron chi connectivity index (χ0n) is 9.02. The Morgan fingerprint density at radius 3 is 3.00 bits per heavy atom. The van der Waals surface area contributed by atoms with E-state index in [9.17, 15) is 9.18 Å². The van der Waals surface area contributed by atoms with Gasteiger partial charge >= 0.3 is 0 Å². The lowest BCUT2D eigenvalue weighted by molar-refractivity contribution is 0.0963. The quantitative estimate of drug-likeness (QED) is 0.755. The van der Waals surface area contributed by atoms with Gasteiger partial charge in [-0.15, -0.1) is 0 Å². The molecular weight excluding hydrogens is 221 g/mol. The molecule has 0 atom stereocenters. The summed E-state index contributed by atoms with van der Waals surface area (Å²) in [7, 11) is 0. The van der Waals surface area contributed by atoms with Gasteiger partial charge in [-0.25, -0.2) is 4.39 Å². The first-order valence-electron chi connectivity index (χ1n) is 5.39. The molecule has 0 aliphatic carbocycles. The van der Waals surface area contributed by atoms with E-state index in [0.29, 0.717) is 18.7 Å². The third-order valence-electron chi connectivity index (χ3n) is 2.91. The molecule has 1 aromatic heterocycles. The summed E-state index contributed by atoms with van der Waals surface area (Å²) >= 11 is 0. The van der Waals surface area contributed by atoms with Crippen LogP contribution < -0.4 is 4.90 Å². The van der Waals surface area contributed by atoms with Crippen molar-refractivity contribution < 1.29 is 13.6 Å². The van der Waals surface area contributed by atoms with E-state index in [1.54, 1.807) is 23.1 Å². The van der Waals surface area contributed by atoms with Gasteiger partial charge in [0, 0.05) is 12.2 Å². The van der Waals surface area contributed by atoms with Crippen LogP contribution in [0.3, 0.4) is 0 Å². The number of benzene rings is 1. The van der Waals surface area contributed by atoms with Crippen molar-refractivity contribution in [2.75, 3.05) is 11.4 Å². The smallest absolute Gasteiger partial charge is 0.293 e. The fraction of sp³-hybridized carbons (Fsp3) is 0.154. The predicted molar refractivity (Wildman–Crippen MR) is 60.5 cm³/mol. The van der Waals surface area contributed by atoms with Crippen LogP contribution in [-0.4, -0.2) is 12.5 Å². The second-order valence-electron chi connectivity index (χ2n) is 3.96. The number of hydrogen-bond acceptors (Lipinski definition) is 2. The van der Waals surface area contributed by atoms with Crippen LogP contribution in [0, 0.1) is 5.82 Å². The third kappa shape index (κ3) is 1.62. The van der Waals surface area contributed by atoms with Crippen molar-refractivity contribution in [3.63, 3.8) is 0 Å². The number of carbonyl (C=O) groups excluding carboxylic acids is 1. The highest BCUT2D eigenvalue weighted by atomic mass is 19.1. The molecule has 0 unspecified atom stereocenters. The van der Waals surface area contributed by atoms with E-state index in [-0.39, 0.29) is 11.7 Å². The van der Waals surface area contributed by atoms with Crippen LogP contribution in [0.25, 0.3) is 0 Å². The van der Waals surface area contributed by atoms with E-state index < -0.39 is 0 Å². The van der Waals surface area contributed by atoms with Crippen molar-refractivity contribution in [1.82, 2.24) is 0 Å². The molecule has 1 aromatic carbocycles. The molecule has 1 aliphatic rings. The predicted octanol–water partition coefficient (Wildman–Crippen LogP) is 2.62. The lowest BCUT2D eigenvalue weighted by Gasteiger charge is -2.15. The van der Waals surface area contributed by atoms with Crippen molar-refractivity contribution >= 4 is 11.6 Å². The Hall–Kier alpha value is -2.10. The van der Waals surface area contributed by atoms with Gasteiger partial charge in [0.1, 0.15) is 5.82 Å². The summed E-state index contributed by atoms with van der Waals surface area (Å²) in [6.45, 7) is 0.568. The van der Waals surface area contributed by atoms with E-state index in [4.69, 9.17) is 4.42 Å². The maximum Gasteiger partial charge on any atom is 0.293 e. The monoisotopic (exact) mass is 231 g/mol. The normalized spacial score (nSPS) is 13.8. The highest BCUT2D eigenvalue weighted by molar-refractivity contribution is 6.05. The van der Waals surface area contributed by atoms with Crippen LogP contribution in [0.15, 0.2) is 41.0 Å². The fourth-order valence-corrected chi connectivity index (χ4v) is 2.11. The summed E-state index contributed by atoms with van der Waals surface area (Å²) in [6, 6.07) is 7.79. The molecular formula is C13H10FNO2. The molecule has 0 saturated carbocycles. The molecule has 0 spiro atoms. The maximum atomic E-state index is 13.0. The number of amides is 1. The molecule has 3 nitrogen and oxygen atoms in total. The molecule has 86 valence electrons. The van der Waals surface area contributed by atoms with Gasteiger partial charge < -0.3 is 9.32 Å². The van der Waals surface area contributed by atoms with E-state index in [1.807, 2.05) is 0 Å². The Morgan fingerprint density at radius 1 is 1.35 bits per heavy atom. The number of nitrogens with zero attached hydrogens (tertiary/aromatic N) is 1. The summed E-state index contributed by atoms with van der Waals surface area (Å²) in [6.07, 6.45) is 2.15. The molecule has 2 heterocycles. The molecule has 17 heavy (non-hydrogen) atoms. The average molecular weight is 231 g/mol. The van der Waals surface area contributed by atoms with E-state index >= 15 is 0 Å². The standard InChI is InChI=1S/C13H10FNO2/c14-10-3-4-11-9(8-10)5-6-15(11)13(16)12-2-1-7-17-12/h1-4,7-8H,5-6H2. The molecule has 0 N–H and O–H groups in total. The zero-order valence-corrected chi connectivity index (χ0v) is 9.02. The number of carbonyl (C=O) groups is 1. The minimum atomic E-state index is -0.268. The van der Waals surface area contributed by atoms with Gasteiger partial charge in [0.05, 0.1) is 6.26 Å². The Morgan fingerprint density at radius 2 is 2.24 bits per heavy atom. The highest BCUT2D eigenvalue weighted by Crippen LogP contribution is 2.29. The van der Waals surface area contributed by atoms with Crippen molar-refractivity contribution in [3.05, 3.63) is 53.7 Å². The van der Waals surface area contributed by atoms with Gasteiger partial charge in [0.2, 0.25) is 0 Å². The number of rotatable bonds is 1. The van der Waals surface area contributed by atoms with Crippen LogP contribution in [0.2, 0.25) is 0 Å². The number of hydrogen-bond donors (Lipinski definition) is 0. The fourth-order valence-electron chi connectivity index (χ4n) is 2.11. The summed E-state index contributed by atoms with van der Waals surface area (Å²) in [4.78, 5) is 13.7. The minimum Gasteiger partial charge on any atom is -0.459 e. The average Bonchev–Trinajstić information content (AvgIpc) is 2.96. The molecule has 3 rings (SSSR count). The Kier molecular flexibility index (Phi) is 2.21. The summed E-state index contributed by atoms with van der Waals surface area (Å²) in [5.41, 5.74) is 1.64. The topological polar surface area (TPSA) is 33.5 Å². The Balaban J connectivity index is 1.96. The van der Waals surface area contributed by atoms with Crippen LogP contribution in [0.5, 0.6) is 0 Å². The van der Waals surface area contributed by atoms with Crippen molar-refractivity contribution in [2.45, 2.75) is 6.42 Å². The lowest BCUT2D eigenvalue weighted by atomic mass is 10.1. The molecule has 0 bridgehead atoms. The van der Waals surface area contributed by atoms with Crippen molar-refractivity contribution in [1.29, 1.82) is 0 Å². The molecule has 0 radical (unpaired) electrons. The second kappa shape index (κ2) is 3.73. The van der Waals surface area contributed by atoms with Gasteiger partial charge in [-0.3, -0.25) is 4.79 Å². The van der Waals surface area contributed by atoms with Crippen LogP contribution in [0.4, 0.5) is 10.1 Å². The van der Waals surface area contributed by atoms with Crippen LogP contribution in [-0.2, 0) is 6.42 Å². The number of fused-ring (bicyclic) bond motifs is 1. The minimum absolute atomic E-state index is 0.180. The lowest BCUT2D eigenvalue weighted by Crippen LogP contribution is -2.28. The van der Waals surface area contributed by atoms with Crippen LogP contribution in [0.1, 0.15) is 16.1 Å². The van der Waals surface area contributed by atoms with Gasteiger partial charge in [-0.05, 0) is 42.3 Å². The molecule has 0 fully saturated rings. The highest BCUT2D eigenvalue weighted by Gasteiger charge is 2.27. The van der Waals surface area contributed by atoms with Crippen LogP contribution >= 0.6 is 0 Å². The number of furan rings is 1. The maximum absolute atomic E-state index is 13.0. The van der Waals surface area contributed by atoms with Gasteiger partial charge in [-0.2, -0.15) is 0 Å². The first-order valence-corrected chi connectivity index (χ1v) is 5.39. The number of anilines is 1. The summed E-state index contributed by atoms with van der Waals surface area (Å²) in [5.74, 6) is -0.140. The molecule has 1 aliphatic heterocycles. The van der Waals surface area contributed by atoms with Crippen molar-refractivity contribution in [2.24, 2.45) is 0 Å². The van der Waals surface area contributed by atoms with Crippen molar-refractivity contribution in [3.8, 4) is 0 Å². The zero-order chi connectivity index (χ0) is 11.8. The first kappa shape index (κ1) is 10.1. The Bertz CT molecular complexity index is 563. The van der Waals surface area contributed by atoms with E-state index in [2.05, 4.69) is 0 Å². The number of halogens is 1. The van der Waals surface area contributed by atoms with Gasteiger partial charge in [0.15, 0.2) is 5.76 Å². The largest absolute Gasteiger partial charge is 0.459 e. The summed E-state index contributed by atoms with van der Waals surface area (Å²) in [5, 5.41) is 0. The molecule has 2 aromatic rings. The third-order valence-corrected chi connectivity index (χ3v) is 2.91. The van der Waals surface area contributed by atoms with E-state index in [0.717, 1.165) is 11.3 Å². The van der Waals surface area contributed by atoms with E-state index in [1.165, 1.54) is 18.4 Å². The first-order chi connectivity index (χ1) is 8.25. The Labute approximate surface area is 97.5 Å². The molecule has 0 saturated heterocycles. The SMILES string of the molecule is O=C(c1ccco1)N1CCc2cc(F)ccc21. The molecule has 1 amide bonds. The summed E-state index contributed by atoms with van der Waals surface area (Å²) < 4.78 is 18.1. The second-order valence-corrected chi connectivity index (χ2v) is 3.96. The molecule has 4 heteroatoms. The van der Waals surface area contributed by atoms with Gasteiger partial charge in [0.25, 0.3) is 5.91 Å². The van der Waals surface area contributed by atoms with Gasteiger partial charge in [-0.1, -0.05) is 0 Å².